The summed E-state index contributed by atoms with van der Waals surface area (Å²) in [5, 5.41) is 11.3. The van der Waals surface area contributed by atoms with Gasteiger partial charge in [0.15, 0.2) is 11.7 Å². The normalized spacial score (nSPS) is 11.6. The number of aliphatic imine (C=N–C) groups is 1. The number of amides is 1. The van der Waals surface area contributed by atoms with Crippen molar-refractivity contribution in [1.82, 2.24) is 5.32 Å². The predicted octanol–water partition coefficient (Wildman–Crippen LogP) is -1.50. The van der Waals surface area contributed by atoms with Crippen LogP contribution in [-0.2, 0) is 9.59 Å². The highest BCUT2D eigenvalue weighted by molar-refractivity contribution is 5.87. The van der Waals surface area contributed by atoms with Crippen molar-refractivity contribution in [3.63, 3.8) is 0 Å². The average molecular weight is 244 g/mol. The Hall–Kier alpha value is -1.63. The van der Waals surface area contributed by atoms with Crippen molar-refractivity contribution in [2.24, 2.45) is 16.5 Å². The first-order valence-corrected chi connectivity index (χ1v) is 5.43. The first kappa shape index (κ1) is 15.4. The molecular formula is C10H20N4O3. The van der Waals surface area contributed by atoms with E-state index < -0.39 is 6.04 Å². The molecule has 0 saturated heterocycles. The van der Waals surface area contributed by atoms with E-state index in [1.165, 1.54) is 6.92 Å². The molecule has 0 saturated carbocycles. The van der Waals surface area contributed by atoms with Gasteiger partial charge in [-0.1, -0.05) is 0 Å². The lowest BCUT2D eigenvalue weighted by Crippen LogP contribution is -2.42. The highest BCUT2D eigenvalue weighted by Gasteiger charge is 2.14. The molecule has 7 heteroatoms. The molecule has 0 spiro atoms. The molecule has 0 heterocycles. The van der Waals surface area contributed by atoms with Crippen molar-refractivity contribution in [3.8, 4) is 0 Å². The minimum Gasteiger partial charge on any atom is -0.394 e. The van der Waals surface area contributed by atoms with E-state index in [0.717, 1.165) is 0 Å². The Morgan fingerprint density at radius 3 is 2.47 bits per heavy atom. The Bertz CT molecular complexity index is 287. The van der Waals surface area contributed by atoms with Crippen LogP contribution in [0.25, 0.3) is 0 Å². The van der Waals surface area contributed by atoms with E-state index in [0.29, 0.717) is 19.4 Å². The van der Waals surface area contributed by atoms with E-state index in [1.54, 1.807) is 0 Å². The predicted molar refractivity (Wildman–Crippen MR) is 64.2 cm³/mol. The number of Topliss-reactive ketones (excluding diaryl/α,β-unsaturated/α-hetero) is 1. The van der Waals surface area contributed by atoms with Crippen LogP contribution in [-0.4, -0.2) is 41.9 Å². The molecule has 0 unspecified atom stereocenters. The highest BCUT2D eigenvalue weighted by atomic mass is 16.3. The topological polar surface area (TPSA) is 131 Å². The first-order chi connectivity index (χ1) is 7.97. The average Bonchev–Trinajstić information content (AvgIpc) is 2.24. The Balaban J connectivity index is 3.73. The Morgan fingerprint density at radius 1 is 1.35 bits per heavy atom. The van der Waals surface area contributed by atoms with Gasteiger partial charge in [0, 0.05) is 13.0 Å². The number of aliphatic hydroxyl groups is 1. The smallest absolute Gasteiger partial charge is 0.220 e. The number of hydrogen-bond donors (Lipinski definition) is 4. The van der Waals surface area contributed by atoms with Crippen LogP contribution in [0, 0.1) is 0 Å². The molecule has 0 aliphatic heterocycles. The number of hydrogen-bond acceptors (Lipinski definition) is 4. The van der Waals surface area contributed by atoms with Gasteiger partial charge in [0.1, 0.15) is 6.04 Å². The molecule has 1 atom stereocenters. The second-order valence-corrected chi connectivity index (χ2v) is 3.68. The van der Waals surface area contributed by atoms with Crippen LogP contribution in [0.15, 0.2) is 4.99 Å². The molecule has 0 bridgehead atoms. The number of aliphatic hydroxyl groups excluding tert-OH is 1. The molecule has 0 aliphatic rings. The number of ketones is 1. The molecule has 98 valence electrons. The van der Waals surface area contributed by atoms with Gasteiger partial charge < -0.3 is 21.9 Å². The van der Waals surface area contributed by atoms with Gasteiger partial charge in [-0.25, -0.2) is 0 Å². The number of nitrogens with one attached hydrogen (secondary N) is 1. The van der Waals surface area contributed by atoms with Crippen LogP contribution >= 0.6 is 0 Å². The van der Waals surface area contributed by atoms with E-state index in [9.17, 15) is 9.59 Å². The summed E-state index contributed by atoms with van der Waals surface area (Å²) in [5.74, 6) is -0.489. The van der Waals surface area contributed by atoms with Gasteiger partial charge in [-0.15, -0.1) is 0 Å². The largest absolute Gasteiger partial charge is 0.394 e. The SMILES string of the molecule is CC(=O)[C@H](CO)NC(=O)CCCCN=C(N)N. The second kappa shape index (κ2) is 8.51. The summed E-state index contributed by atoms with van der Waals surface area (Å²) in [5.41, 5.74) is 10.3. The van der Waals surface area contributed by atoms with E-state index in [2.05, 4.69) is 10.3 Å². The molecule has 0 aliphatic carbocycles. The zero-order chi connectivity index (χ0) is 13.3. The number of guanidine groups is 1. The maximum absolute atomic E-state index is 11.4. The zero-order valence-electron chi connectivity index (χ0n) is 9.98. The van der Waals surface area contributed by atoms with Crippen LogP contribution in [0.4, 0.5) is 0 Å². The molecular weight excluding hydrogens is 224 g/mol. The summed E-state index contributed by atoms with van der Waals surface area (Å²) in [6, 6.07) is -0.805. The van der Waals surface area contributed by atoms with Gasteiger partial charge >= 0.3 is 0 Å². The Kier molecular flexibility index (Phi) is 7.70. The molecule has 6 N–H and O–H groups in total. The molecule has 1 amide bonds. The summed E-state index contributed by atoms with van der Waals surface area (Å²) >= 11 is 0. The van der Waals surface area contributed by atoms with E-state index in [-0.39, 0.29) is 30.7 Å². The van der Waals surface area contributed by atoms with Crippen molar-refractivity contribution >= 4 is 17.6 Å². The third kappa shape index (κ3) is 8.21. The standard InChI is InChI=1S/C10H20N4O3/c1-7(16)8(6-15)14-9(17)4-2-3-5-13-10(11)12/h8,15H,2-6H2,1H3,(H,14,17)(H4,11,12,13)/t8-/m0/s1. The van der Waals surface area contributed by atoms with Crippen LogP contribution in [0.2, 0.25) is 0 Å². The summed E-state index contributed by atoms with van der Waals surface area (Å²) in [7, 11) is 0. The summed E-state index contributed by atoms with van der Waals surface area (Å²) in [6.07, 6.45) is 1.59. The Labute approximate surface area is 100 Å². The summed E-state index contributed by atoms with van der Waals surface area (Å²) < 4.78 is 0. The quantitative estimate of drug-likeness (QED) is 0.234. The van der Waals surface area contributed by atoms with Crippen LogP contribution in [0.1, 0.15) is 26.2 Å². The van der Waals surface area contributed by atoms with Gasteiger partial charge in [0.05, 0.1) is 6.61 Å². The first-order valence-electron chi connectivity index (χ1n) is 5.43. The summed E-state index contributed by atoms with van der Waals surface area (Å²) in [4.78, 5) is 26.1. The maximum Gasteiger partial charge on any atom is 0.220 e. The fraction of sp³-hybridized carbons (Fsp3) is 0.700. The molecule has 0 aromatic rings. The lowest BCUT2D eigenvalue weighted by Gasteiger charge is -2.12. The maximum atomic E-state index is 11.4. The number of nitrogens with zero attached hydrogens (tertiary/aromatic N) is 1. The number of rotatable bonds is 8. The zero-order valence-corrected chi connectivity index (χ0v) is 9.98. The monoisotopic (exact) mass is 244 g/mol. The number of carbonyl (C=O) groups excluding carboxylic acids is 2. The van der Waals surface area contributed by atoms with Gasteiger partial charge in [0.25, 0.3) is 0 Å². The molecule has 0 fully saturated rings. The number of unbranched alkanes of at least 4 members (excludes halogenated alkanes) is 1. The summed E-state index contributed by atoms with van der Waals surface area (Å²) in [6.45, 7) is 1.42. The highest BCUT2D eigenvalue weighted by Crippen LogP contribution is 1.97. The minimum absolute atomic E-state index is 0.0337. The molecule has 7 nitrogen and oxygen atoms in total. The molecule has 0 aromatic carbocycles. The van der Waals surface area contributed by atoms with Crippen molar-refractivity contribution in [3.05, 3.63) is 0 Å². The van der Waals surface area contributed by atoms with Crippen LogP contribution in [0.5, 0.6) is 0 Å². The van der Waals surface area contributed by atoms with Gasteiger partial charge in [-0.2, -0.15) is 0 Å². The van der Waals surface area contributed by atoms with Crippen LogP contribution < -0.4 is 16.8 Å². The fourth-order valence-electron chi connectivity index (χ4n) is 1.15. The number of nitrogens with two attached hydrogens (primary N) is 2. The lowest BCUT2D eigenvalue weighted by molar-refractivity contribution is -0.127. The van der Waals surface area contributed by atoms with Crippen molar-refractivity contribution in [2.45, 2.75) is 32.2 Å². The van der Waals surface area contributed by atoms with Crippen molar-refractivity contribution in [1.29, 1.82) is 0 Å². The van der Waals surface area contributed by atoms with E-state index in [1.807, 2.05) is 0 Å². The third-order valence-electron chi connectivity index (χ3n) is 2.11. The van der Waals surface area contributed by atoms with Gasteiger partial charge in [-0.3, -0.25) is 14.6 Å². The van der Waals surface area contributed by atoms with Gasteiger partial charge in [-0.05, 0) is 19.8 Å². The van der Waals surface area contributed by atoms with E-state index in [4.69, 9.17) is 16.6 Å². The third-order valence-corrected chi connectivity index (χ3v) is 2.11. The van der Waals surface area contributed by atoms with Crippen molar-refractivity contribution in [2.75, 3.05) is 13.2 Å². The number of carbonyl (C=O) groups is 2. The molecule has 17 heavy (non-hydrogen) atoms. The molecule has 0 rings (SSSR count). The lowest BCUT2D eigenvalue weighted by atomic mass is 10.2. The van der Waals surface area contributed by atoms with Gasteiger partial charge in [0.2, 0.25) is 5.91 Å². The Morgan fingerprint density at radius 2 is 2.00 bits per heavy atom. The van der Waals surface area contributed by atoms with Crippen LogP contribution in [0.3, 0.4) is 0 Å². The molecule has 0 radical (unpaired) electrons. The van der Waals surface area contributed by atoms with E-state index >= 15 is 0 Å². The second-order valence-electron chi connectivity index (χ2n) is 3.68. The van der Waals surface area contributed by atoms with Crippen molar-refractivity contribution < 1.29 is 14.7 Å². The minimum atomic E-state index is -0.805. The molecule has 0 aromatic heterocycles. The fourth-order valence-corrected chi connectivity index (χ4v) is 1.15.